The molecule has 8 N–H and O–H groups in total. The summed E-state index contributed by atoms with van der Waals surface area (Å²) in [4.78, 5) is 92.4. The topological polar surface area (TPSA) is 317 Å². The maximum atomic E-state index is 12.8. The van der Waals surface area contributed by atoms with Crippen LogP contribution in [0, 0.1) is 27.7 Å². The molecule has 1 saturated heterocycles. The first-order chi connectivity index (χ1) is 54.8. The van der Waals surface area contributed by atoms with Crippen LogP contribution in [0.2, 0.25) is 20.1 Å². The van der Waals surface area contributed by atoms with Crippen molar-refractivity contribution in [3.8, 4) is 56.7 Å². The van der Waals surface area contributed by atoms with Gasteiger partial charge in [-0.1, -0.05) is 75.7 Å². The summed E-state index contributed by atoms with van der Waals surface area (Å²) in [5.41, 5.74) is 13.0. The molecule has 25 nitrogen and oxygen atoms in total. The zero-order chi connectivity index (χ0) is 79.3. The van der Waals surface area contributed by atoms with Gasteiger partial charge in [0.1, 0.15) is 17.3 Å². The van der Waals surface area contributed by atoms with Crippen LogP contribution in [0.25, 0.3) is 56.7 Å². The lowest BCUT2D eigenvalue weighted by atomic mass is 10.1. The maximum absolute atomic E-state index is 12.8. The number of H-pyrrole nitrogens is 1. The van der Waals surface area contributed by atoms with E-state index in [-0.39, 0.29) is 23.6 Å². The zero-order valence-electron chi connectivity index (χ0n) is 61.7. The number of carbonyl (C=O) groups excluding carboxylic acids is 4. The van der Waals surface area contributed by atoms with E-state index in [2.05, 4.69) is 91.9 Å². The number of hydrogen-bond acceptors (Lipinski definition) is 18. The van der Waals surface area contributed by atoms with Crippen molar-refractivity contribution in [3.63, 3.8) is 0 Å². The number of pyridine rings is 8. The number of carbonyl (C=O) groups is 4. The standard InChI is InChI=1S/C22H22ClN5O.C21H16ClN5O.C21H21ClN4O2.C20H15ClN6O/c1-15-17(6-8-21(26-15)28-12-10-24-11-13-28)22(29)27-16-5-7-19(23)18(14-16)20-4-2-3-9-25-20;1-14-16(7-9-20(25-14)27-12-4-11-24-27)21(28)26-15-6-8-18(22)17(13-15)19-5-2-3-10-23-19;1-13(27)12-24-20-9-7-16(14(2)25-20)21(28)26-15-6-8-18(22)17(11-15)19-5-3-4-10-23-19;1-13-15(6-8-19(25-13)27-12-22-11-24-27)20(28)26-14-5-7-17(21)16(10-14)18-4-2-3-9-23-18/h2-9,14,24H,10-13H2,1H3,(H,27,29);2-13H,1H3,(H,26,28);3-11,13,27H,12H2,1-2H3,(H,24,25)(H,26,28);2-12H,1H3,(H,26,28)/p+1/t;;13-;/m..1./s1. The second-order valence-corrected chi connectivity index (χ2v) is 27.1. The Labute approximate surface area is 671 Å². The molecule has 4 amide bonds. The molecule has 11 heterocycles. The largest absolute Gasteiger partial charge is 0.392 e. The van der Waals surface area contributed by atoms with Crippen molar-refractivity contribution in [2.75, 3.05) is 64.2 Å². The van der Waals surface area contributed by atoms with Gasteiger partial charge in [-0.15, -0.1) is 9.67 Å². The van der Waals surface area contributed by atoms with Gasteiger partial charge in [0, 0.05) is 121 Å². The third-order valence-electron chi connectivity index (χ3n) is 17.4. The smallest absolute Gasteiger partial charge is 0.284 e. The summed E-state index contributed by atoms with van der Waals surface area (Å²) < 4.78 is 3.31. The molecule has 0 radical (unpaired) electrons. The number of piperazine rings is 1. The van der Waals surface area contributed by atoms with Gasteiger partial charge in [0.05, 0.1) is 88.3 Å². The van der Waals surface area contributed by atoms with Crippen molar-refractivity contribution in [3.05, 3.63) is 315 Å². The molecule has 10 aromatic heterocycles. The van der Waals surface area contributed by atoms with Crippen LogP contribution in [0.1, 0.15) is 71.1 Å². The Bertz CT molecular complexity index is 5450. The van der Waals surface area contributed by atoms with Gasteiger partial charge in [0.15, 0.2) is 12.1 Å². The third kappa shape index (κ3) is 21.1. The first-order valence-corrected chi connectivity index (χ1v) is 37.1. The van der Waals surface area contributed by atoms with Crippen molar-refractivity contribution < 1.29 is 29.0 Å². The number of nitrogens with one attached hydrogen (secondary N) is 7. The van der Waals surface area contributed by atoms with E-state index in [1.54, 1.807) is 184 Å². The molecule has 1 fully saturated rings. The quantitative estimate of drug-likeness (QED) is 0.0370. The second-order valence-electron chi connectivity index (χ2n) is 25.5. The van der Waals surface area contributed by atoms with Crippen molar-refractivity contribution in [1.29, 1.82) is 0 Å². The molecule has 4 aromatic carbocycles. The molecule has 1 aliphatic rings. The molecule has 0 unspecified atom stereocenters. The Kier molecular flexibility index (Phi) is 26.8. The minimum Gasteiger partial charge on any atom is -0.392 e. The Morgan fingerprint density at radius 1 is 0.460 bits per heavy atom. The monoisotopic (exact) mass is 1580 g/mol. The molecular weight excluding hydrogens is 1510 g/mol. The highest BCUT2D eigenvalue weighted by molar-refractivity contribution is 6.35. The number of benzene rings is 4. The van der Waals surface area contributed by atoms with Gasteiger partial charge in [-0.2, -0.15) is 5.10 Å². The van der Waals surface area contributed by atoms with Gasteiger partial charge in [0.25, 0.3) is 29.4 Å². The SMILES string of the molecule is Cc1nc(-[n+]2cnc[nH]2)ccc1C(=O)Nc1ccc(Cl)c(-c2ccccn2)c1.Cc1nc(-n2cccn2)ccc1C(=O)Nc1ccc(Cl)c(-c2ccccn2)c1.Cc1nc(N2CCNCC2)ccc1C(=O)Nc1ccc(Cl)c(-c2ccccn2)c1.Cc1nc(NC[C@@H](C)O)ccc1C(=O)Nc1ccc(Cl)c(-c2ccccn2)c1. The number of anilines is 6. The van der Waals surface area contributed by atoms with Gasteiger partial charge in [-0.25, -0.2) is 24.7 Å². The lowest BCUT2D eigenvalue weighted by molar-refractivity contribution is -0.660. The number of aliphatic hydroxyl groups is 1. The molecule has 1 atom stereocenters. The number of nitrogens with zero attached hydrogens (tertiary/aromatic N) is 13. The van der Waals surface area contributed by atoms with E-state index >= 15 is 0 Å². The van der Waals surface area contributed by atoms with E-state index in [1.165, 1.54) is 0 Å². The highest BCUT2D eigenvalue weighted by atomic mass is 35.5. The van der Waals surface area contributed by atoms with Crippen molar-refractivity contribution in [2.24, 2.45) is 0 Å². The zero-order valence-corrected chi connectivity index (χ0v) is 64.7. The van der Waals surface area contributed by atoms with Gasteiger partial charge in [-0.3, -0.25) is 39.1 Å². The lowest BCUT2D eigenvalue weighted by Gasteiger charge is -2.28. The molecule has 29 heteroatoms. The Hall–Kier alpha value is -13.0. The maximum Gasteiger partial charge on any atom is 0.284 e. The van der Waals surface area contributed by atoms with Crippen LogP contribution in [-0.2, 0) is 0 Å². The molecule has 14 aromatic rings. The number of amides is 4. The molecule has 1 aliphatic heterocycles. The number of rotatable bonds is 18. The fourth-order valence-electron chi connectivity index (χ4n) is 11.7. The molecule has 113 heavy (non-hydrogen) atoms. The fourth-order valence-corrected chi connectivity index (χ4v) is 12.5. The van der Waals surface area contributed by atoms with Crippen molar-refractivity contribution in [2.45, 2.75) is 40.7 Å². The summed E-state index contributed by atoms with van der Waals surface area (Å²) in [5, 5.41) is 36.7. The van der Waals surface area contributed by atoms with Crippen molar-refractivity contribution >= 4 is 104 Å². The van der Waals surface area contributed by atoms with E-state index in [4.69, 9.17) is 46.4 Å². The number of aliphatic hydroxyl groups excluding tert-OH is 1. The normalized spacial score (nSPS) is 11.8. The number of hydrogen-bond donors (Lipinski definition) is 8. The van der Waals surface area contributed by atoms with Crippen LogP contribution >= 0.6 is 46.4 Å². The number of aromatic amines is 1. The van der Waals surface area contributed by atoms with Gasteiger partial charge >= 0.3 is 0 Å². The van der Waals surface area contributed by atoms with Gasteiger partial charge < -0.3 is 41.9 Å². The van der Waals surface area contributed by atoms with Crippen LogP contribution in [0.4, 0.5) is 34.4 Å². The van der Waals surface area contributed by atoms with E-state index in [0.717, 1.165) is 77.0 Å². The summed E-state index contributed by atoms with van der Waals surface area (Å²) in [6, 6.07) is 59.6. The van der Waals surface area contributed by atoms with Gasteiger partial charge in [-0.05, 0) is 204 Å². The van der Waals surface area contributed by atoms with Crippen LogP contribution in [0.5, 0.6) is 0 Å². The first kappa shape index (κ1) is 79.5. The summed E-state index contributed by atoms with van der Waals surface area (Å²) in [7, 11) is 0. The molecule has 0 spiro atoms. The van der Waals surface area contributed by atoms with Gasteiger partial charge in [0.2, 0.25) is 6.33 Å². The number of aryl methyl sites for hydroxylation is 4. The Balaban J connectivity index is 0.000000140. The predicted molar refractivity (Wildman–Crippen MR) is 442 cm³/mol. The predicted octanol–water partition coefficient (Wildman–Crippen LogP) is 15.8. The molecule has 0 aliphatic carbocycles. The number of halogens is 4. The minimum atomic E-state index is -0.483. The molecule has 0 bridgehead atoms. The summed E-state index contributed by atoms with van der Waals surface area (Å²) in [5.74, 6) is 1.87. The Morgan fingerprint density at radius 3 is 1.20 bits per heavy atom. The highest BCUT2D eigenvalue weighted by Gasteiger charge is 2.22. The molecule has 568 valence electrons. The van der Waals surface area contributed by atoms with Crippen molar-refractivity contribution in [1.82, 2.24) is 65.1 Å². The average molecular weight is 1590 g/mol. The van der Waals surface area contributed by atoms with Crippen LogP contribution in [-0.4, -0.2) is 127 Å². The van der Waals surface area contributed by atoms with Crippen LogP contribution in [0.15, 0.2) is 250 Å². The van der Waals surface area contributed by atoms with Crippen LogP contribution in [0.3, 0.4) is 0 Å². The minimum absolute atomic E-state index is 0.198. The molecular formula is C84H75Cl4N20O5+. The summed E-state index contributed by atoms with van der Waals surface area (Å²) in [6.07, 6.45) is 13.0. The summed E-state index contributed by atoms with van der Waals surface area (Å²) in [6.45, 7) is 13.0. The van der Waals surface area contributed by atoms with Crippen LogP contribution < -0.4 is 41.5 Å². The highest BCUT2D eigenvalue weighted by Crippen LogP contribution is 2.34. The average Bonchev–Trinajstić information content (AvgIpc) is 1.07. The lowest BCUT2D eigenvalue weighted by Crippen LogP contribution is -2.44. The van der Waals surface area contributed by atoms with E-state index in [1.807, 2.05) is 110 Å². The first-order valence-electron chi connectivity index (χ1n) is 35.6. The van der Waals surface area contributed by atoms with E-state index in [9.17, 15) is 24.3 Å². The Morgan fingerprint density at radius 2 is 0.850 bits per heavy atom. The van der Waals surface area contributed by atoms with E-state index < -0.39 is 6.10 Å². The molecule has 15 rings (SSSR count). The second kappa shape index (κ2) is 38.1. The third-order valence-corrected chi connectivity index (χ3v) is 18.7. The fraction of sp³-hybridized carbons (Fsp3) is 0.131. The summed E-state index contributed by atoms with van der Waals surface area (Å²) >= 11 is 25.2. The molecule has 0 saturated carbocycles. The van der Waals surface area contributed by atoms with E-state index in [0.29, 0.717) is 112 Å². The number of aromatic nitrogens is 13.